The first kappa shape index (κ1) is 12.8. The van der Waals surface area contributed by atoms with E-state index >= 15 is 0 Å². The van der Waals surface area contributed by atoms with Crippen LogP contribution in [0.4, 0.5) is 5.69 Å². The van der Waals surface area contributed by atoms with E-state index in [1.54, 1.807) is 18.2 Å². The van der Waals surface area contributed by atoms with E-state index < -0.39 is 5.91 Å². The molecule has 0 aliphatic rings. The molecule has 19 heavy (non-hydrogen) atoms. The van der Waals surface area contributed by atoms with E-state index in [0.717, 1.165) is 0 Å². The van der Waals surface area contributed by atoms with Crippen LogP contribution in [0.15, 0.2) is 18.2 Å². The number of rotatable bonds is 5. The summed E-state index contributed by atoms with van der Waals surface area (Å²) in [4.78, 5) is 11.7. The molecule has 100 valence electrons. The minimum Gasteiger partial charge on any atom is -0.493 e. The monoisotopic (exact) mass is 263 g/mol. The summed E-state index contributed by atoms with van der Waals surface area (Å²) in [6.07, 6.45) is 0. The second-order valence-electron chi connectivity index (χ2n) is 3.49. The summed E-state index contributed by atoms with van der Waals surface area (Å²) in [7, 11) is 1.53. The molecule has 0 atom stereocenters. The molecule has 0 aliphatic heterocycles. The number of aromatic amines is 1. The van der Waals surface area contributed by atoms with Crippen molar-refractivity contribution in [1.82, 2.24) is 20.6 Å². The van der Waals surface area contributed by atoms with Crippen LogP contribution in [0.5, 0.6) is 11.5 Å². The van der Waals surface area contributed by atoms with Gasteiger partial charge in [-0.1, -0.05) is 0 Å². The van der Waals surface area contributed by atoms with Gasteiger partial charge in [-0.2, -0.15) is 5.21 Å². The van der Waals surface area contributed by atoms with E-state index in [1.165, 1.54) is 7.11 Å². The Labute approximate surface area is 109 Å². The van der Waals surface area contributed by atoms with Gasteiger partial charge in [-0.05, 0) is 24.3 Å². The topological polar surface area (TPSA) is 102 Å². The smallest absolute Gasteiger partial charge is 0.297 e. The van der Waals surface area contributed by atoms with Gasteiger partial charge in [0.05, 0.1) is 13.7 Å². The Morgan fingerprint density at radius 1 is 1.42 bits per heavy atom. The van der Waals surface area contributed by atoms with Crippen LogP contribution in [0.2, 0.25) is 0 Å². The number of carbonyl (C=O) groups is 1. The normalized spacial score (nSPS) is 10.0. The number of H-pyrrole nitrogens is 1. The van der Waals surface area contributed by atoms with Crippen molar-refractivity contribution < 1.29 is 14.3 Å². The maximum Gasteiger partial charge on any atom is 0.297 e. The highest BCUT2D eigenvalue weighted by atomic mass is 16.5. The molecule has 0 bridgehead atoms. The molecular weight excluding hydrogens is 250 g/mol. The standard InChI is InChI=1S/C11H13N5O3/c1-3-19-8-5-4-7(6-9(8)18-2)12-11(17)10-13-15-16-14-10/h4-6H,3H2,1-2H3,(H,12,17)(H,13,14,15,16). The second kappa shape index (κ2) is 5.80. The van der Waals surface area contributed by atoms with Crippen LogP contribution in [0.3, 0.4) is 0 Å². The highest BCUT2D eigenvalue weighted by molar-refractivity contribution is 6.01. The Bertz CT molecular complexity index is 555. The summed E-state index contributed by atoms with van der Waals surface area (Å²) >= 11 is 0. The lowest BCUT2D eigenvalue weighted by Gasteiger charge is -2.11. The lowest BCUT2D eigenvalue weighted by atomic mass is 10.2. The molecule has 8 heteroatoms. The number of aromatic nitrogens is 4. The molecule has 0 unspecified atom stereocenters. The van der Waals surface area contributed by atoms with Crippen LogP contribution in [0, 0.1) is 0 Å². The van der Waals surface area contributed by atoms with Crippen LogP contribution in [0.25, 0.3) is 0 Å². The van der Waals surface area contributed by atoms with Crippen molar-refractivity contribution in [3.63, 3.8) is 0 Å². The first-order valence-electron chi connectivity index (χ1n) is 5.60. The molecule has 0 radical (unpaired) electrons. The molecule has 0 saturated carbocycles. The van der Waals surface area contributed by atoms with Gasteiger partial charge in [-0.3, -0.25) is 4.79 Å². The third-order valence-corrected chi connectivity index (χ3v) is 2.27. The zero-order chi connectivity index (χ0) is 13.7. The molecule has 1 amide bonds. The van der Waals surface area contributed by atoms with E-state index in [0.29, 0.717) is 23.8 Å². The number of nitrogens with zero attached hydrogens (tertiary/aromatic N) is 3. The van der Waals surface area contributed by atoms with E-state index in [9.17, 15) is 4.79 Å². The first-order chi connectivity index (χ1) is 9.24. The number of tetrazole rings is 1. The summed E-state index contributed by atoms with van der Waals surface area (Å²) < 4.78 is 10.6. The first-order valence-corrected chi connectivity index (χ1v) is 5.60. The summed E-state index contributed by atoms with van der Waals surface area (Å²) in [6, 6.07) is 5.07. The molecule has 2 rings (SSSR count). The maximum atomic E-state index is 11.7. The summed E-state index contributed by atoms with van der Waals surface area (Å²) in [6.45, 7) is 2.41. The molecule has 0 fully saturated rings. The van der Waals surface area contributed by atoms with Crippen LogP contribution >= 0.6 is 0 Å². The van der Waals surface area contributed by atoms with Crippen molar-refractivity contribution in [2.75, 3.05) is 19.0 Å². The average molecular weight is 263 g/mol. The Hall–Kier alpha value is -2.64. The molecule has 2 aromatic rings. The number of hydrogen-bond acceptors (Lipinski definition) is 6. The number of benzene rings is 1. The third kappa shape index (κ3) is 2.97. The van der Waals surface area contributed by atoms with Crippen molar-refractivity contribution in [1.29, 1.82) is 0 Å². The van der Waals surface area contributed by atoms with Crippen molar-refractivity contribution in [2.45, 2.75) is 6.92 Å². The predicted molar refractivity (Wildman–Crippen MR) is 66.3 cm³/mol. The van der Waals surface area contributed by atoms with Gasteiger partial charge >= 0.3 is 0 Å². The number of hydrogen-bond donors (Lipinski definition) is 2. The predicted octanol–water partition coefficient (Wildman–Crippen LogP) is 0.859. The largest absolute Gasteiger partial charge is 0.493 e. The number of anilines is 1. The molecule has 2 N–H and O–H groups in total. The van der Waals surface area contributed by atoms with Crippen molar-refractivity contribution >= 4 is 11.6 Å². The molecule has 0 saturated heterocycles. The molecule has 8 nitrogen and oxygen atoms in total. The summed E-state index contributed by atoms with van der Waals surface area (Å²) in [5.41, 5.74) is 0.551. The fraction of sp³-hybridized carbons (Fsp3) is 0.273. The number of ether oxygens (including phenoxy) is 2. The molecular formula is C11H13N5O3. The lowest BCUT2D eigenvalue weighted by Crippen LogP contribution is -2.14. The number of methoxy groups -OCH3 is 1. The molecule has 0 aliphatic carbocycles. The van der Waals surface area contributed by atoms with E-state index in [2.05, 4.69) is 25.9 Å². The van der Waals surface area contributed by atoms with Gasteiger partial charge in [0.1, 0.15) is 0 Å². The van der Waals surface area contributed by atoms with Crippen molar-refractivity contribution in [2.24, 2.45) is 0 Å². The second-order valence-corrected chi connectivity index (χ2v) is 3.49. The van der Waals surface area contributed by atoms with E-state index in [4.69, 9.17) is 9.47 Å². The average Bonchev–Trinajstić information content (AvgIpc) is 2.94. The zero-order valence-electron chi connectivity index (χ0n) is 10.5. The Morgan fingerprint density at radius 3 is 2.89 bits per heavy atom. The van der Waals surface area contributed by atoms with Crippen LogP contribution < -0.4 is 14.8 Å². The quantitative estimate of drug-likeness (QED) is 0.829. The lowest BCUT2D eigenvalue weighted by molar-refractivity contribution is 0.101. The SMILES string of the molecule is CCOc1ccc(NC(=O)c2nn[nH]n2)cc1OC. The van der Waals surface area contributed by atoms with Gasteiger partial charge in [0.15, 0.2) is 11.5 Å². The fourth-order valence-corrected chi connectivity index (χ4v) is 1.47. The number of nitrogens with one attached hydrogen (secondary N) is 2. The van der Waals surface area contributed by atoms with E-state index in [-0.39, 0.29) is 5.82 Å². The minimum absolute atomic E-state index is 0.0344. The van der Waals surface area contributed by atoms with Gasteiger partial charge in [-0.25, -0.2) is 0 Å². The van der Waals surface area contributed by atoms with Crippen molar-refractivity contribution in [3.8, 4) is 11.5 Å². The minimum atomic E-state index is -0.458. The van der Waals surface area contributed by atoms with Gasteiger partial charge in [0.25, 0.3) is 11.7 Å². The maximum absolute atomic E-state index is 11.7. The van der Waals surface area contributed by atoms with Gasteiger partial charge in [-0.15, -0.1) is 10.2 Å². The number of amides is 1. The molecule has 0 spiro atoms. The molecule has 1 aromatic carbocycles. The molecule has 1 heterocycles. The summed E-state index contributed by atoms with van der Waals surface area (Å²) in [5.74, 6) is 0.656. The molecule has 1 aromatic heterocycles. The van der Waals surface area contributed by atoms with Crippen LogP contribution in [-0.2, 0) is 0 Å². The fourth-order valence-electron chi connectivity index (χ4n) is 1.47. The van der Waals surface area contributed by atoms with Gasteiger partial charge in [0.2, 0.25) is 0 Å². The Balaban J connectivity index is 2.15. The highest BCUT2D eigenvalue weighted by Gasteiger charge is 2.12. The van der Waals surface area contributed by atoms with Crippen LogP contribution in [-0.4, -0.2) is 40.2 Å². The van der Waals surface area contributed by atoms with Crippen LogP contribution in [0.1, 0.15) is 17.5 Å². The third-order valence-electron chi connectivity index (χ3n) is 2.27. The Morgan fingerprint density at radius 2 is 2.26 bits per heavy atom. The Kier molecular flexibility index (Phi) is 3.91. The van der Waals surface area contributed by atoms with Crippen molar-refractivity contribution in [3.05, 3.63) is 24.0 Å². The van der Waals surface area contributed by atoms with E-state index in [1.807, 2.05) is 6.92 Å². The van der Waals surface area contributed by atoms with Gasteiger partial charge < -0.3 is 14.8 Å². The zero-order valence-corrected chi connectivity index (χ0v) is 10.5. The highest BCUT2D eigenvalue weighted by Crippen LogP contribution is 2.30. The van der Waals surface area contributed by atoms with Gasteiger partial charge in [0, 0.05) is 11.8 Å². The number of carbonyl (C=O) groups excluding carboxylic acids is 1. The summed E-state index contributed by atoms with van der Waals surface area (Å²) in [5, 5.41) is 15.3.